The predicted octanol–water partition coefficient (Wildman–Crippen LogP) is 18.2. The van der Waals surface area contributed by atoms with Gasteiger partial charge in [-0.2, -0.15) is 0 Å². The molecule has 0 spiro atoms. The quantitative estimate of drug-likeness (QED) is 0.0893. The fourth-order valence-electron chi connectivity index (χ4n) is 9.03. The minimum absolute atomic E-state index is 0.871. The van der Waals surface area contributed by atoms with Crippen LogP contribution in [-0.2, 0) is 19.3 Å². The maximum atomic E-state index is 2.47. The Labute approximate surface area is 400 Å². The van der Waals surface area contributed by atoms with Crippen molar-refractivity contribution in [2.24, 2.45) is 0 Å². The molecule has 0 N–H and O–H groups in total. The first-order valence-electron chi connectivity index (χ1n) is 23.8. The second-order valence-corrected chi connectivity index (χ2v) is 17.3. The molecule has 67 heavy (non-hydrogen) atoms. The van der Waals surface area contributed by atoms with E-state index in [1.54, 1.807) is 0 Å². The summed E-state index contributed by atoms with van der Waals surface area (Å²) in [4.78, 5) is 4.93. The van der Waals surface area contributed by atoms with Crippen LogP contribution in [-0.4, -0.2) is 0 Å². The van der Waals surface area contributed by atoms with Crippen molar-refractivity contribution in [1.29, 1.82) is 0 Å². The van der Waals surface area contributed by atoms with Crippen molar-refractivity contribution >= 4 is 52.4 Å². The molecule has 332 valence electrons. The zero-order valence-corrected chi connectivity index (χ0v) is 40.0. The summed E-state index contributed by atoms with van der Waals surface area (Å²) in [6.45, 7) is 13.5. The van der Waals surface area contributed by atoms with Crippen molar-refractivity contribution in [1.82, 2.24) is 0 Å². The van der Waals surface area contributed by atoms with Gasteiger partial charge in [0, 0.05) is 22.7 Å². The lowest BCUT2D eigenvalue weighted by atomic mass is 9.96. The molecule has 2 nitrogen and oxygen atoms in total. The fraction of sp³-hybridized carbons (Fsp3) is 0.138. The van der Waals surface area contributed by atoms with E-state index in [1.165, 1.54) is 83.9 Å². The van der Waals surface area contributed by atoms with Crippen LogP contribution in [0.4, 0.5) is 34.1 Å². The Hall–Kier alpha value is -7.68. The van der Waals surface area contributed by atoms with Gasteiger partial charge in [-0.25, -0.2) is 0 Å². The first kappa shape index (κ1) is 45.9. The van der Waals surface area contributed by atoms with E-state index in [0.717, 1.165) is 36.2 Å². The van der Waals surface area contributed by atoms with Crippen molar-refractivity contribution in [2.45, 2.75) is 60.8 Å². The monoisotopic (exact) mass is 870 g/mol. The van der Waals surface area contributed by atoms with Gasteiger partial charge in [0.15, 0.2) is 0 Å². The number of hydrogen-bond donors (Lipinski definition) is 0. The Balaban J connectivity index is 1.09. The Kier molecular flexibility index (Phi) is 15.1. The first-order chi connectivity index (χ1) is 32.8. The van der Waals surface area contributed by atoms with Gasteiger partial charge in [-0.15, -0.1) is 0 Å². The van der Waals surface area contributed by atoms with Crippen molar-refractivity contribution in [3.63, 3.8) is 0 Å². The van der Waals surface area contributed by atoms with E-state index in [0.29, 0.717) is 0 Å². The zero-order chi connectivity index (χ0) is 46.5. The summed E-state index contributed by atoms with van der Waals surface area (Å²) in [5.41, 5.74) is 22.0. The molecule has 8 aromatic carbocycles. The SMILES string of the molecule is CCc1cccc(C)c1N(c1ccc(/C=C/C=C/c2ccccc2)cc1)c1ccc(-c2ccc(N(c3ccc(C/C=C/C=C/c4ccccc4)cc3)c3c(C)cccc3CC)c(C)c2)cc1C. The van der Waals surface area contributed by atoms with E-state index >= 15 is 0 Å². The topological polar surface area (TPSA) is 6.48 Å². The molecule has 0 fully saturated rings. The molecule has 0 aliphatic heterocycles. The number of para-hydroxylation sites is 2. The minimum atomic E-state index is 0.871. The smallest absolute Gasteiger partial charge is 0.0522 e. The van der Waals surface area contributed by atoms with Crippen LogP contribution < -0.4 is 9.80 Å². The fourth-order valence-corrected chi connectivity index (χ4v) is 9.03. The molecular formula is C65H62N2. The standard InChI is InChI=1S/C65H62N2/c1-7-56-32-20-22-48(3)64(56)66(60-40-34-54(35-41-60)29-17-11-16-26-52-24-12-9-13-25-52)62-44-38-58(46-50(62)5)59-39-45-63(51(6)47-59)67(65-49(4)23-21-33-57(65)8-2)61-42-36-55(37-43-61)31-19-18-30-53-27-14-10-15-28-53/h9-28,30-47H,7-8,29H2,1-6H3/b17-11+,26-16+,30-18+,31-19+. The van der Waals surface area contributed by atoms with E-state index in [9.17, 15) is 0 Å². The number of anilines is 6. The predicted molar refractivity (Wildman–Crippen MR) is 292 cm³/mol. The molecular weight excluding hydrogens is 809 g/mol. The third kappa shape index (κ3) is 11.1. The second-order valence-electron chi connectivity index (χ2n) is 17.3. The molecule has 0 aromatic heterocycles. The Bertz CT molecular complexity index is 3020. The lowest BCUT2D eigenvalue weighted by Crippen LogP contribution is -2.15. The zero-order valence-electron chi connectivity index (χ0n) is 40.0. The van der Waals surface area contributed by atoms with Crippen LogP contribution >= 0.6 is 0 Å². The van der Waals surface area contributed by atoms with Crippen molar-refractivity contribution < 1.29 is 0 Å². The molecule has 0 amide bonds. The second kappa shape index (κ2) is 22.0. The van der Waals surface area contributed by atoms with E-state index in [-0.39, 0.29) is 0 Å². The highest BCUT2D eigenvalue weighted by Crippen LogP contribution is 2.44. The molecule has 0 unspecified atom stereocenters. The van der Waals surface area contributed by atoms with Crippen LogP contribution in [0.1, 0.15) is 69.5 Å². The molecule has 8 rings (SSSR count). The maximum Gasteiger partial charge on any atom is 0.0522 e. The van der Waals surface area contributed by atoms with E-state index in [1.807, 2.05) is 12.1 Å². The normalized spacial score (nSPS) is 11.7. The summed E-state index contributed by atoms with van der Waals surface area (Å²) in [6.07, 6.45) is 19.9. The summed E-state index contributed by atoms with van der Waals surface area (Å²) in [7, 11) is 0. The van der Waals surface area contributed by atoms with Crippen LogP contribution in [0.3, 0.4) is 0 Å². The number of aryl methyl sites for hydroxylation is 6. The average molecular weight is 871 g/mol. The third-order valence-electron chi connectivity index (χ3n) is 12.6. The summed E-state index contributed by atoms with van der Waals surface area (Å²) in [6, 6.07) is 66.2. The highest BCUT2D eigenvalue weighted by molar-refractivity contribution is 5.86. The van der Waals surface area contributed by atoms with Crippen LogP contribution in [0.5, 0.6) is 0 Å². The van der Waals surface area contributed by atoms with Gasteiger partial charge in [-0.1, -0.05) is 196 Å². The Morgan fingerprint density at radius 3 is 1.22 bits per heavy atom. The maximum absolute atomic E-state index is 2.47. The van der Waals surface area contributed by atoms with Crippen LogP contribution in [0, 0.1) is 27.7 Å². The molecule has 0 saturated carbocycles. The number of benzene rings is 8. The van der Waals surface area contributed by atoms with Gasteiger partial charge in [0.05, 0.1) is 11.4 Å². The lowest BCUT2D eigenvalue weighted by molar-refractivity contribution is 1.10. The first-order valence-corrected chi connectivity index (χ1v) is 23.8. The van der Waals surface area contributed by atoms with Crippen molar-refractivity contribution in [2.75, 3.05) is 9.80 Å². The molecule has 8 aromatic rings. The van der Waals surface area contributed by atoms with Gasteiger partial charge < -0.3 is 9.80 Å². The Morgan fingerprint density at radius 2 is 0.791 bits per heavy atom. The van der Waals surface area contributed by atoms with Crippen molar-refractivity contribution in [3.8, 4) is 11.1 Å². The molecule has 0 aliphatic carbocycles. The number of allylic oxidation sites excluding steroid dienone is 5. The van der Waals surface area contributed by atoms with Gasteiger partial charge in [-0.3, -0.25) is 0 Å². The molecule has 2 heteroatoms. The summed E-state index contributed by atoms with van der Waals surface area (Å²) in [5.74, 6) is 0. The molecule has 0 radical (unpaired) electrons. The molecule has 0 atom stereocenters. The van der Waals surface area contributed by atoms with E-state index in [4.69, 9.17) is 0 Å². The molecule has 0 aliphatic rings. The van der Waals surface area contributed by atoms with E-state index < -0.39 is 0 Å². The van der Waals surface area contributed by atoms with Gasteiger partial charge in [0.2, 0.25) is 0 Å². The highest BCUT2D eigenvalue weighted by atomic mass is 15.2. The molecule has 0 bridgehead atoms. The largest absolute Gasteiger partial charge is 0.310 e. The molecule has 0 saturated heterocycles. The average Bonchev–Trinajstić information content (AvgIpc) is 3.36. The van der Waals surface area contributed by atoms with Gasteiger partial charge in [-0.05, 0) is 162 Å². The number of nitrogens with zero attached hydrogens (tertiary/aromatic N) is 2. The Morgan fingerprint density at radius 1 is 0.373 bits per heavy atom. The van der Waals surface area contributed by atoms with Crippen molar-refractivity contribution in [3.05, 3.63) is 268 Å². The van der Waals surface area contributed by atoms with E-state index in [2.05, 4.69) is 270 Å². The van der Waals surface area contributed by atoms with Gasteiger partial charge in [0.25, 0.3) is 0 Å². The number of rotatable bonds is 16. The van der Waals surface area contributed by atoms with Gasteiger partial charge in [0.1, 0.15) is 0 Å². The summed E-state index contributed by atoms with van der Waals surface area (Å²) in [5, 5.41) is 0. The summed E-state index contributed by atoms with van der Waals surface area (Å²) >= 11 is 0. The van der Waals surface area contributed by atoms with Crippen LogP contribution in [0.2, 0.25) is 0 Å². The highest BCUT2D eigenvalue weighted by Gasteiger charge is 2.22. The lowest BCUT2D eigenvalue weighted by Gasteiger charge is -2.31. The van der Waals surface area contributed by atoms with Gasteiger partial charge >= 0.3 is 0 Å². The minimum Gasteiger partial charge on any atom is -0.310 e. The van der Waals surface area contributed by atoms with Crippen LogP contribution in [0.25, 0.3) is 29.4 Å². The third-order valence-corrected chi connectivity index (χ3v) is 12.6. The van der Waals surface area contributed by atoms with Crippen LogP contribution in [0.15, 0.2) is 212 Å². The summed E-state index contributed by atoms with van der Waals surface area (Å²) < 4.78 is 0. The number of hydrogen-bond acceptors (Lipinski definition) is 2. The molecule has 0 heterocycles.